The normalized spacial score (nSPS) is 13.9. The third kappa shape index (κ3) is 5.35. The highest BCUT2D eigenvalue weighted by molar-refractivity contribution is 14.1. The van der Waals surface area contributed by atoms with E-state index >= 15 is 0 Å². The fraction of sp³-hybridized carbons (Fsp3) is 0.214. The number of hydrogen-bond acceptors (Lipinski definition) is 2. The molecule has 0 aromatic carbocycles. The number of pyridine rings is 1. The third-order valence-electron chi connectivity index (χ3n) is 2.17. The second-order valence-electron chi connectivity index (χ2n) is 3.68. The Labute approximate surface area is 121 Å². The predicted molar refractivity (Wildman–Crippen MR) is 83.2 cm³/mol. The van der Waals surface area contributed by atoms with Crippen LogP contribution in [0.1, 0.15) is 6.92 Å². The molecule has 4 heteroatoms. The second-order valence-corrected chi connectivity index (χ2v) is 4.92. The minimum atomic E-state index is 0.244. The van der Waals surface area contributed by atoms with Crippen molar-refractivity contribution in [3.8, 4) is 0 Å². The molecule has 1 heterocycles. The van der Waals surface area contributed by atoms with E-state index < -0.39 is 0 Å². The summed E-state index contributed by atoms with van der Waals surface area (Å²) in [5, 5.41) is 9.33. The molecule has 0 aliphatic carbocycles. The largest absolute Gasteiger partial charge is 0.508 e. The minimum absolute atomic E-state index is 0.244. The van der Waals surface area contributed by atoms with E-state index in [9.17, 15) is 5.11 Å². The van der Waals surface area contributed by atoms with Gasteiger partial charge in [-0.1, -0.05) is 18.2 Å². The number of aliphatic hydroxyl groups excluding tert-OH is 1. The summed E-state index contributed by atoms with van der Waals surface area (Å²) >= 11 is 2.27. The van der Waals surface area contributed by atoms with Crippen LogP contribution in [0.25, 0.3) is 0 Å². The number of rotatable bonds is 4. The molecule has 0 aliphatic heterocycles. The van der Waals surface area contributed by atoms with Crippen LogP contribution < -0.4 is 5.49 Å². The van der Waals surface area contributed by atoms with E-state index in [1.165, 1.54) is 3.57 Å². The van der Waals surface area contributed by atoms with Crippen molar-refractivity contribution in [2.45, 2.75) is 6.92 Å². The average Bonchev–Trinajstić information content (AvgIpc) is 2.31. The quantitative estimate of drug-likeness (QED) is 0.503. The zero-order valence-electron chi connectivity index (χ0n) is 10.5. The second kappa shape index (κ2) is 7.92. The fourth-order valence-corrected chi connectivity index (χ4v) is 1.93. The molecule has 1 rings (SSSR count). The van der Waals surface area contributed by atoms with Crippen LogP contribution in [0.2, 0.25) is 0 Å². The van der Waals surface area contributed by atoms with Crippen molar-refractivity contribution in [1.82, 2.24) is 4.57 Å². The average molecular weight is 356 g/mol. The summed E-state index contributed by atoms with van der Waals surface area (Å²) in [6.07, 6.45) is 10.8. The zero-order chi connectivity index (χ0) is 13.4. The standard InChI is InChI=1S/C14H17IN2O/c1-3-6-13(18)7-4-5-10-16-14-9-8-12(15)11-17(14)2/h3-9,11,18H,10H2,1-2H3/b5-4+,6-3-,13-7+,16-14?. The molecule has 0 aliphatic rings. The molecule has 0 radical (unpaired) electrons. The summed E-state index contributed by atoms with van der Waals surface area (Å²) in [7, 11) is 1.97. The molecule has 3 nitrogen and oxygen atoms in total. The predicted octanol–water partition coefficient (Wildman–Crippen LogP) is 3.10. The van der Waals surface area contributed by atoms with E-state index in [4.69, 9.17) is 0 Å². The molecule has 0 atom stereocenters. The molecule has 1 aromatic rings. The maximum absolute atomic E-state index is 9.33. The Kier molecular flexibility index (Phi) is 6.49. The van der Waals surface area contributed by atoms with Crippen LogP contribution in [0.4, 0.5) is 0 Å². The van der Waals surface area contributed by atoms with Crippen molar-refractivity contribution in [2.75, 3.05) is 6.54 Å². The van der Waals surface area contributed by atoms with E-state index in [0.717, 1.165) is 5.49 Å². The van der Waals surface area contributed by atoms with Gasteiger partial charge in [0.25, 0.3) is 0 Å². The number of aliphatic hydroxyl groups is 1. The molecule has 96 valence electrons. The third-order valence-corrected chi connectivity index (χ3v) is 2.81. The SMILES string of the molecule is C\C=C/C(O)=C\C=C\CN=c1ccc(I)cn1C. The summed E-state index contributed by atoms with van der Waals surface area (Å²) in [6, 6.07) is 4.02. The van der Waals surface area contributed by atoms with Crippen LogP contribution in [0.15, 0.2) is 59.5 Å². The van der Waals surface area contributed by atoms with Crippen molar-refractivity contribution in [3.05, 3.63) is 63.5 Å². The Hall–Kier alpha value is -1.30. The van der Waals surface area contributed by atoms with Gasteiger partial charge in [-0.05, 0) is 53.8 Å². The lowest BCUT2D eigenvalue weighted by Gasteiger charge is -1.99. The summed E-state index contributed by atoms with van der Waals surface area (Å²) in [4.78, 5) is 4.43. The molecule has 18 heavy (non-hydrogen) atoms. The van der Waals surface area contributed by atoms with Gasteiger partial charge in [0.15, 0.2) is 0 Å². The van der Waals surface area contributed by atoms with Gasteiger partial charge in [0.2, 0.25) is 0 Å². The zero-order valence-corrected chi connectivity index (χ0v) is 12.7. The van der Waals surface area contributed by atoms with Crippen LogP contribution in [-0.2, 0) is 7.05 Å². The van der Waals surface area contributed by atoms with Crippen molar-refractivity contribution in [2.24, 2.45) is 12.0 Å². The topological polar surface area (TPSA) is 37.5 Å². The Morgan fingerprint density at radius 1 is 1.50 bits per heavy atom. The first kappa shape index (κ1) is 14.8. The Morgan fingerprint density at radius 2 is 2.28 bits per heavy atom. The molecular formula is C14H17IN2O. The number of aryl methyl sites for hydroxylation is 1. The van der Waals surface area contributed by atoms with Crippen LogP contribution in [0.5, 0.6) is 0 Å². The molecular weight excluding hydrogens is 339 g/mol. The number of halogens is 1. The van der Waals surface area contributed by atoms with Crippen LogP contribution in [-0.4, -0.2) is 16.2 Å². The van der Waals surface area contributed by atoms with Gasteiger partial charge < -0.3 is 9.67 Å². The molecule has 0 saturated carbocycles. The fourth-order valence-electron chi connectivity index (χ4n) is 1.33. The lowest BCUT2D eigenvalue weighted by Crippen LogP contribution is -2.17. The highest BCUT2D eigenvalue weighted by Gasteiger charge is 1.88. The van der Waals surface area contributed by atoms with Crippen LogP contribution in [0.3, 0.4) is 0 Å². The van der Waals surface area contributed by atoms with Crippen LogP contribution in [0, 0.1) is 3.57 Å². The smallest absolute Gasteiger partial charge is 0.127 e. The maximum Gasteiger partial charge on any atom is 0.127 e. The highest BCUT2D eigenvalue weighted by Crippen LogP contribution is 1.98. The summed E-state index contributed by atoms with van der Waals surface area (Å²) in [5.74, 6) is 0.244. The van der Waals surface area contributed by atoms with E-state index in [-0.39, 0.29) is 5.76 Å². The van der Waals surface area contributed by atoms with Gasteiger partial charge in [0, 0.05) is 16.8 Å². The van der Waals surface area contributed by atoms with E-state index in [2.05, 4.69) is 27.6 Å². The van der Waals surface area contributed by atoms with E-state index in [1.807, 2.05) is 42.9 Å². The molecule has 0 fully saturated rings. The van der Waals surface area contributed by atoms with Gasteiger partial charge in [0.1, 0.15) is 11.2 Å². The van der Waals surface area contributed by atoms with Crippen molar-refractivity contribution >= 4 is 22.6 Å². The van der Waals surface area contributed by atoms with Gasteiger partial charge in [-0.15, -0.1) is 0 Å². The minimum Gasteiger partial charge on any atom is -0.508 e. The summed E-state index contributed by atoms with van der Waals surface area (Å²) in [5.41, 5.74) is 0.932. The van der Waals surface area contributed by atoms with Gasteiger partial charge in [0.05, 0.1) is 6.54 Å². The highest BCUT2D eigenvalue weighted by atomic mass is 127. The number of nitrogens with zero attached hydrogens (tertiary/aromatic N) is 2. The van der Waals surface area contributed by atoms with Gasteiger partial charge >= 0.3 is 0 Å². The maximum atomic E-state index is 9.33. The Balaban J connectivity index is 2.65. The summed E-state index contributed by atoms with van der Waals surface area (Å²) in [6.45, 7) is 2.45. The molecule has 1 N–H and O–H groups in total. The lowest BCUT2D eigenvalue weighted by atomic mass is 10.3. The van der Waals surface area contributed by atoms with E-state index in [0.29, 0.717) is 6.54 Å². The van der Waals surface area contributed by atoms with Gasteiger partial charge in [-0.3, -0.25) is 4.99 Å². The molecule has 1 aromatic heterocycles. The van der Waals surface area contributed by atoms with Crippen LogP contribution >= 0.6 is 22.6 Å². The van der Waals surface area contributed by atoms with Crippen molar-refractivity contribution in [1.29, 1.82) is 0 Å². The number of aromatic nitrogens is 1. The molecule has 0 spiro atoms. The lowest BCUT2D eigenvalue weighted by molar-refractivity contribution is 0.432. The first-order valence-corrected chi connectivity index (χ1v) is 6.72. The van der Waals surface area contributed by atoms with Gasteiger partial charge in [-0.25, -0.2) is 0 Å². The van der Waals surface area contributed by atoms with Gasteiger partial charge in [-0.2, -0.15) is 0 Å². The van der Waals surface area contributed by atoms with E-state index in [1.54, 1.807) is 24.3 Å². The molecule has 0 amide bonds. The molecule has 0 saturated heterocycles. The Morgan fingerprint density at radius 3 is 2.94 bits per heavy atom. The molecule has 0 bridgehead atoms. The van der Waals surface area contributed by atoms with Crippen molar-refractivity contribution in [3.63, 3.8) is 0 Å². The first-order chi connectivity index (χ1) is 8.63. The monoisotopic (exact) mass is 356 g/mol. The summed E-state index contributed by atoms with van der Waals surface area (Å²) < 4.78 is 3.17. The Bertz CT molecular complexity index is 539. The molecule has 0 unspecified atom stereocenters. The first-order valence-electron chi connectivity index (χ1n) is 5.64. The number of hydrogen-bond donors (Lipinski definition) is 1. The van der Waals surface area contributed by atoms with Crippen molar-refractivity contribution < 1.29 is 5.11 Å². The number of allylic oxidation sites excluding steroid dienone is 4.